The summed E-state index contributed by atoms with van der Waals surface area (Å²) in [6, 6.07) is 7.49. The van der Waals surface area contributed by atoms with Gasteiger partial charge in [-0.15, -0.1) is 0 Å². The predicted molar refractivity (Wildman–Crippen MR) is 78.3 cm³/mol. The van der Waals surface area contributed by atoms with E-state index in [0.717, 1.165) is 0 Å². The number of rotatable bonds is 3. The van der Waals surface area contributed by atoms with E-state index in [1.165, 1.54) is 30.5 Å². The summed E-state index contributed by atoms with van der Waals surface area (Å²) in [5.74, 6) is 0. The lowest BCUT2D eigenvalue weighted by molar-refractivity contribution is -0.384. The monoisotopic (exact) mass is 303 g/mol. The molecule has 1 aromatic carbocycles. The van der Waals surface area contributed by atoms with Gasteiger partial charge in [0, 0.05) is 35.5 Å². The van der Waals surface area contributed by atoms with Gasteiger partial charge >= 0.3 is 0 Å². The number of aromatic amines is 1. The Morgan fingerprint density at radius 2 is 2.05 bits per heavy atom. The molecule has 0 amide bonds. The number of hydrogen-bond acceptors (Lipinski definition) is 4. The van der Waals surface area contributed by atoms with Crippen LogP contribution in [0.15, 0.2) is 42.7 Å². The number of aliphatic hydroxyl groups is 1. The Hall–Kier alpha value is -2.44. The van der Waals surface area contributed by atoms with Crippen molar-refractivity contribution in [2.75, 3.05) is 0 Å². The highest BCUT2D eigenvalue weighted by atomic mass is 35.5. The van der Waals surface area contributed by atoms with Gasteiger partial charge in [0.15, 0.2) is 0 Å². The first-order valence-electron chi connectivity index (χ1n) is 6.11. The lowest BCUT2D eigenvalue weighted by Gasteiger charge is -2.10. The molecule has 0 spiro atoms. The molecule has 0 saturated carbocycles. The summed E-state index contributed by atoms with van der Waals surface area (Å²) in [7, 11) is 0. The van der Waals surface area contributed by atoms with Crippen molar-refractivity contribution in [1.29, 1.82) is 0 Å². The summed E-state index contributed by atoms with van der Waals surface area (Å²) < 4.78 is 0. The standard InChI is InChI=1S/C14H10ClN3O3/c15-9-5-11-12(7-17-14(11)16-6-9)13(19)8-1-3-10(4-2-8)18(20)21/h1-7,13,19H,(H,16,17). The molecular formula is C14H10ClN3O3. The van der Waals surface area contributed by atoms with Gasteiger partial charge in [0.25, 0.3) is 5.69 Å². The minimum absolute atomic E-state index is 0.0189. The van der Waals surface area contributed by atoms with Crippen LogP contribution in [0.2, 0.25) is 5.02 Å². The molecule has 0 radical (unpaired) electrons. The largest absolute Gasteiger partial charge is 0.384 e. The molecule has 0 fully saturated rings. The van der Waals surface area contributed by atoms with Crippen LogP contribution in [0.4, 0.5) is 5.69 Å². The Morgan fingerprint density at radius 1 is 1.33 bits per heavy atom. The van der Waals surface area contributed by atoms with Crippen LogP contribution in [0.25, 0.3) is 11.0 Å². The van der Waals surface area contributed by atoms with E-state index in [2.05, 4.69) is 9.97 Å². The number of halogens is 1. The second-order valence-corrected chi connectivity index (χ2v) is 4.98. The van der Waals surface area contributed by atoms with E-state index in [9.17, 15) is 15.2 Å². The molecule has 3 aromatic rings. The normalized spacial score (nSPS) is 12.5. The molecule has 2 N–H and O–H groups in total. The van der Waals surface area contributed by atoms with Crippen molar-refractivity contribution >= 4 is 28.3 Å². The number of aliphatic hydroxyl groups excluding tert-OH is 1. The van der Waals surface area contributed by atoms with Gasteiger partial charge in [-0.1, -0.05) is 11.6 Å². The maximum absolute atomic E-state index is 10.6. The summed E-state index contributed by atoms with van der Waals surface area (Å²) >= 11 is 5.92. The number of nitro benzene ring substituents is 1. The molecule has 2 heterocycles. The quantitative estimate of drug-likeness (QED) is 0.574. The number of hydrogen-bond donors (Lipinski definition) is 2. The van der Waals surface area contributed by atoms with Crippen LogP contribution in [0.1, 0.15) is 17.2 Å². The molecule has 0 aliphatic carbocycles. The predicted octanol–water partition coefficient (Wildman–Crippen LogP) is 3.21. The van der Waals surface area contributed by atoms with Gasteiger partial charge in [-0.2, -0.15) is 0 Å². The third kappa shape index (κ3) is 2.46. The average molecular weight is 304 g/mol. The Kier molecular flexibility index (Phi) is 3.32. The minimum Gasteiger partial charge on any atom is -0.384 e. The number of benzene rings is 1. The summed E-state index contributed by atoms with van der Waals surface area (Å²) in [6.07, 6.45) is 2.25. The lowest BCUT2D eigenvalue weighted by Crippen LogP contribution is -1.99. The molecule has 7 heteroatoms. The van der Waals surface area contributed by atoms with Gasteiger partial charge < -0.3 is 10.1 Å². The van der Waals surface area contributed by atoms with Gasteiger partial charge in [-0.25, -0.2) is 4.98 Å². The molecular weight excluding hydrogens is 294 g/mol. The maximum atomic E-state index is 10.6. The van der Waals surface area contributed by atoms with E-state index >= 15 is 0 Å². The van der Waals surface area contributed by atoms with Crippen LogP contribution in [0.5, 0.6) is 0 Å². The van der Waals surface area contributed by atoms with E-state index in [0.29, 0.717) is 27.2 Å². The second kappa shape index (κ2) is 5.16. The van der Waals surface area contributed by atoms with Gasteiger partial charge in [-0.3, -0.25) is 10.1 Å². The van der Waals surface area contributed by atoms with Crippen molar-refractivity contribution in [3.63, 3.8) is 0 Å². The summed E-state index contributed by atoms with van der Waals surface area (Å²) in [4.78, 5) is 17.2. The summed E-state index contributed by atoms with van der Waals surface area (Å²) in [5, 5.41) is 22.3. The highest BCUT2D eigenvalue weighted by Crippen LogP contribution is 2.30. The van der Waals surface area contributed by atoms with E-state index < -0.39 is 11.0 Å². The smallest absolute Gasteiger partial charge is 0.269 e. The van der Waals surface area contributed by atoms with Crippen molar-refractivity contribution in [3.05, 3.63) is 69.0 Å². The lowest BCUT2D eigenvalue weighted by atomic mass is 10.0. The van der Waals surface area contributed by atoms with Crippen LogP contribution in [0.3, 0.4) is 0 Å². The molecule has 6 nitrogen and oxygen atoms in total. The molecule has 0 saturated heterocycles. The molecule has 1 unspecified atom stereocenters. The molecule has 106 valence electrons. The number of aromatic nitrogens is 2. The van der Waals surface area contributed by atoms with Crippen molar-refractivity contribution in [3.8, 4) is 0 Å². The number of nitro groups is 1. The van der Waals surface area contributed by atoms with Crippen LogP contribution in [-0.2, 0) is 0 Å². The zero-order valence-electron chi connectivity index (χ0n) is 10.7. The molecule has 21 heavy (non-hydrogen) atoms. The molecule has 1 atom stereocenters. The van der Waals surface area contributed by atoms with E-state index in [1.54, 1.807) is 12.3 Å². The van der Waals surface area contributed by atoms with E-state index in [-0.39, 0.29) is 5.69 Å². The Bertz CT molecular complexity index is 814. The van der Waals surface area contributed by atoms with Gasteiger partial charge in [0.05, 0.1) is 9.95 Å². The van der Waals surface area contributed by atoms with Crippen molar-refractivity contribution in [1.82, 2.24) is 9.97 Å². The summed E-state index contributed by atoms with van der Waals surface area (Å²) in [6.45, 7) is 0. The first-order chi connectivity index (χ1) is 10.1. The van der Waals surface area contributed by atoms with Crippen LogP contribution in [0, 0.1) is 10.1 Å². The molecule has 2 aromatic heterocycles. The zero-order valence-corrected chi connectivity index (χ0v) is 11.4. The second-order valence-electron chi connectivity index (χ2n) is 4.54. The first kappa shape index (κ1) is 13.5. The average Bonchev–Trinajstić information content (AvgIpc) is 2.89. The fourth-order valence-electron chi connectivity index (χ4n) is 2.18. The fourth-order valence-corrected chi connectivity index (χ4v) is 2.34. The van der Waals surface area contributed by atoms with Crippen LogP contribution < -0.4 is 0 Å². The number of H-pyrrole nitrogens is 1. The van der Waals surface area contributed by atoms with Gasteiger partial charge in [0.1, 0.15) is 11.8 Å². The fraction of sp³-hybridized carbons (Fsp3) is 0.0714. The number of nitrogens with one attached hydrogen (secondary N) is 1. The maximum Gasteiger partial charge on any atom is 0.269 e. The van der Waals surface area contributed by atoms with Crippen LogP contribution >= 0.6 is 11.6 Å². The molecule has 3 rings (SSSR count). The van der Waals surface area contributed by atoms with Crippen LogP contribution in [-0.4, -0.2) is 20.0 Å². The van der Waals surface area contributed by atoms with Crippen molar-refractivity contribution < 1.29 is 10.0 Å². The number of nitrogens with zero attached hydrogens (tertiary/aromatic N) is 2. The zero-order chi connectivity index (χ0) is 15.0. The highest BCUT2D eigenvalue weighted by Gasteiger charge is 2.17. The topological polar surface area (TPSA) is 92.0 Å². The first-order valence-corrected chi connectivity index (χ1v) is 6.49. The van der Waals surface area contributed by atoms with Crippen molar-refractivity contribution in [2.24, 2.45) is 0 Å². The third-order valence-electron chi connectivity index (χ3n) is 3.24. The van der Waals surface area contributed by atoms with E-state index in [1.807, 2.05) is 0 Å². The van der Waals surface area contributed by atoms with Gasteiger partial charge in [-0.05, 0) is 23.8 Å². The Morgan fingerprint density at radius 3 is 2.71 bits per heavy atom. The van der Waals surface area contributed by atoms with Gasteiger partial charge in [0.2, 0.25) is 0 Å². The minimum atomic E-state index is -0.917. The number of non-ortho nitro benzene ring substituents is 1. The molecule has 0 bridgehead atoms. The number of pyridine rings is 1. The summed E-state index contributed by atoms with van der Waals surface area (Å²) in [5.41, 5.74) is 1.78. The third-order valence-corrected chi connectivity index (χ3v) is 3.45. The molecule has 0 aliphatic heterocycles. The number of fused-ring (bicyclic) bond motifs is 1. The van der Waals surface area contributed by atoms with E-state index in [4.69, 9.17) is 11.6 Å². The SMILES string of the molecule is O=[N+]([O-])c1ccc(C(O)c2c[nH]c3ncc(Cl)cc23)cc1. The molecule has 0 aliphatic rings. The highest BCUT2D eigenvalue weighted by molar-refractivity contribution is 6.31. The Balaban J connectivity index is 2.01. The van der Waals surface area contributed by atoms with Crippen molar-refractivity contribution in [2.45, 2.75) is 6.10 Å². The Labute approximate surface area is 124 Å².